The summed E-state index contributed by atoms with van der Waals surface area (Å²) in [5.74, 6) is -3.16. The second-order valence-corrected chi connectivity index (χ2v) is 6.81. The fourth-order valence-corrected chi connectivity index (χ4v) is 3.43. The molecule has 1 N–H and O–H groups in total. The van der Waals surface area contributed by atoms with Gasteiger partial charge in [0, 0.05) is 12.0 Å². The second kappa shape index (κ2) is 7.24. The van der Waals surface area contributed by atoms with Crippen LogP contribution in [0, 0.1) is 0 Å². The maximum Gasteiger partial charge on any atom is 0.416 e. The Morgan fingerprint density at radius 2 is 1.79 bits per heavy atom. The first-order chi connectivity index (χ1) is 13.0. The minimum atomic E-state index is -4.88. The zero-order chi connectivity index (χ0) is 20.7. The lowest BCUT2D eigenvalue weighted by Gasteiger charge is -2.21. The lowest BCUT2D eigenvalue weighted by molar-refractivity contribution is -0.150. The van der Waals surface area contributed by atoms with E-state index in [0.717, 1.165) is 12.1 Å². The van der Waals surface area contributed by atoms with Crippen LogP contribution in [0.5, 0.6) is 0 Å². The molecular weight excluding hydrogens is 386 g/mol. The van der Waals surface area contributed by atoms with Crippen LogP contribution >= 0.6 is 0 Å². The SMILES string of the molecule is O=C(C[C@@H](c1cccc(C(F)(F)F)c1)C(F)(F)F)c1ccc2c(c1)CCC2O. The molecule has 28 heavy (non-hydrogen) atoms. The van der Waals surface area contributed by atoms with Gasteiger partial charge in [0.15, 0.2) is 5.78 Å². The average molecular weight is 402 g/mol. The van der Waals surface area contributed by atoms with Crippen molar-refractivity contribution in [3.05, 3.63) is 70.3 Å². The van der Waals surface area contributed by atoms with Gasteiger partial charge < -0.3 is 5.11 Å². The van der Waals surface area contributed by atoms with E-state index in [2.05, 4.69) is 0 Å². The molecule has 1 aliphatic carbocycles. The van der Waals surface area contributed by atoms with Gasteiger partial charge in [0.1, 0.15) is 0 Å². The topological polar surface area (TPSA) is 37.3 Å². The standard InChI is InChI=1S/C20H16F6O2/c21-19(22,23)14-3-1-2-12(9-14)16(20(24,25)26)10-18(28)13-4-6-15-11(8-13)5-7-17(15)27/h1-4,6,8-9,16-17,27H,5,7,10H2/t16-,17?/m0/s1. The van der Waals surface area contributed by atoms with Gasteiger partial charge in [0.2, 0.25) is 0 Å². The molecule has 3 rings (SSSR count). The molecule has 0 aromatic heterocycles. The van der Waals surface area contributed by atoms with Crippen molar-refractivity contribution < 1.29 is 36.2 Å². The van der Waals surface area contributed by atoms with Gasteiger partial charge >= 0.3 is 12.4 Å². The van der Waals surface area contributed by atoms with E-state index in [1.165, 1.54) is 18.2 Å². The van der Waals surface area contributed by atoms with Crippen molar-refractivity contribution in [1.82, 2.24) is 0 Å². The molecule has 8 heteroatoms. The predicted octanol–water partition coefficient (Wildman–Crippen LogP) is 5.60. The molecule has 0 saturated carbocycles. The molecule has 0 heterocycles. The average Bonchev–Trinajstić information content (AvgIpc) is 2.98. The minimum Gasteiger partial charge on any atom is -0.388 e. The highest BCUT2D eigenvalue weighted by atomic mass is 19.4. The summed E-state index contributed by atoms with van der Waals surface area (Å²) in [6, 6.07) is 7.27. The van der Waals surface area contributed by atoms with E-state index in [0.29, 0.717) is 36.1 Å². The van der Waals surface area contributed by atoms with Gasteiger partial charge in [-0.25, -0.2) is 0 Å². The Morgan fingerprint density at radius 1 is 1.07 bits per heavy atom. The van der Waals surface area contributed by atoms with Crippen LogP contribution in [-0.2, 0) is 12.6 Å². The van der Waals surface area contributed by atoms with Gasteiger partial charge in [-0.05, 0) is 41.7 Å². The van der Waals surface area contributed by atoms with E-state index in [1.807, 2.05) is 0 Å². The Bertz CT molecular complexity index is 885. The summed E-state index contributed by atoms with van der Waals surface area (Å²) in [5, 5.41) is 9.78. The van der Waals surface area contributed by atoms with Gasteiger partial charge in [-0.2, -0.15) is 26.3 Å². The van der Waals surface area contributed by atoms with Crippen molar-refractivity contribution in [2.24, 2.45) is 0 Å². The molecule has 0 aliphatic heterocycles. The van der Waals surface area contributed by atoms with E-state index in [4.69, 9.17) is 0 Å². The van der Waals surface area contributed by atoms with Crippen LogP contribution in [0.1, 0.15) is 57.5 Å². The largest absolute Gasteiger partial charge is 0.416 e. The molecular formula is C20H16F6O2. The van der Waals surface area contributed by atoms with Crippen molar-refractivity contribution in [2.45, 2.75) is 43.6 Å². The summed E-state index contributed by atoms with van der Waals surface area (Å²) in [5.41, 5.74) is -0.415. The van der Waals surface area contributed by atoms with Crippen LogP contribution in [0.2, 0.25) is 0 Å². The Kier molecular flexibility index (Phi) is 5.27. The number of halogens is 6. The number of aryl methyl sites for hydroxylation is 1. The van der Waals surface area contributed by atoms with Gasteiger partial charge in [-0.3, -0.25) is 4.79 Å². The fraction of sp³-hybridized carbons (Fsp3) is 0.350. The van der Waals surface area contributed by atoms with Crippen LogP contribution in [0.25, 0.3) is 0 Å². The number of fused-ring (bicyclic) bond motifs is 1. The highest BCUT2D eigenvalue weighted by molar-refractivity contribution is 5.97. The summed E-state index contributed by atoms with van der Waals surface area (Å²) < 4.78 is 79.1. The number of alkyl halides is 6. The predicted molar refractivity (Wildman–Crippen MR) is 88.9 cm³/mol. The van der Waals surface area contributed by atoms with E-state index in [1.54, 1.807) is 0 Å². The molecule has 0 radical (unpaired) electrons. The summed E-state index contributed by atoms with van der Waals surface area (Å²) in [4.78, 5) is 12.5. The number of hydrogen-bond donors (Lipinski definition) is 1. The number of rotatable bonds is 4. The summed E-state index contributed by atoms with van der Waals surface area (Å²) >= 11 is 0. The number of aliphatic hydroxyl groups excluding tert-OH is 1. The van der Waals surface area contributed by atoms with Gasteiger partial charge in [0.25, 0.3) is 0 Å². The normalized spacial score (nSPS) is 18.0. The van der Waals surface area contributed by atoms with Crippen LogP contribution in [0.3, 0.4) is 0 Å². The van der Waals surface area contributed by atoms with Crippen molar-refractivity contribution in [2.75, 3.05) is 0 Å². The lowest BCUT2D eigenvalue weighted by atomic mass is 9.89. The molecule has 0 saturated heterocycles. The fourth-order valence-electron chi connectivity index (χ4n) is 3.43. The van der Waals surface area contributed by atoms with Crippen LogP contribution < -0.4 is 0 Å². The zero-order valence-electron chi connectivity index (χ0n) is 14.4. The van der Waals surface area contributed by atoms with Gasteiger partial charge in [0.05, 0.1) is 17.6 Å². The highest BCUT2D eigenvalue weighted by Crippen LogP contribution is 2.40. The van der Waals surface area contributed by atoms with E-state index in [9.17, 15) is 36.2 Å². The molecule has 150 valence electrons. The Balaban J connectivity index is 1.89. The third-order valence-corrected chi connectivity index (χ3v) is 4.91. The smallest absolute Gasteiger partial charge is 0.388 e. The van der Waals surface area contributed by atoms with Crippen molar-refractivity contribution in [3.63, 3.8) is 0 Å². The Hall–Kier alpha value is -2.35. The highest BCUT2D eigenvalue weighted by Gasteiger charge is 2.43. The second-order valence-electron chi connectivity index (χ2n) is 6.81. The van der Waals surface area contributed by atoms with E-state index >= 15 is 0 Å². The maximum absolute atomic E-state index is 13.5. The first-order valence-electron chi connectivity index (χ1n) is 8.55. The quantitative estimate of drug-likeness (QED) is 0.534. The van der Waals surface area contributed by atoms with Crippen molar-refractivity contribution in [1.29, 1.82) is 0 Å². The molecule has 2 aromatic carbocycles. The molecule has 0 amide bonds. The first-order valence-corrected chi connectivity index (χ1v) is 8.55. The van der Waals surface area contributed by atoms with E-state index in [-0.39, 0.29) is 5.56 Å². The van der Waals surface area contributed by atoms with Crippen LogP contribution in [-0.4, -0.2) is 17.1 Å². The number of hydrogen-bond acceptors (Lipinski definition) is 2. The number of carbonyl (C=O) groups excluding carboxylic acids is 1. The summed E-state index contributed by atoms with van der Waals surface area (Å²) in [6.07, 6.45) is -10.3. The first kappa shape index (κ1) is 20.4. The monoisotopic (exact) mass is 402 g/mol. The lowest BCUT2D eigenvalue weighted by Crippen LogP contribution is -2.24. The van der Waals surface area contributed by atoms with Gasteiger partial charge in [-0.1, -0.05) is 30.3 Å². The van der Waals surface area contributed by atoms with Gasteiger partial charge in [-0.15, -0.1) is 0 Å². The minimum absolute atomic E-state index is 0.0501. The number of ketones is 1. The summed E-state index contributed by atoms with van der Waals surface area (Å²) in [6.45, 7) is 0. The molecule has 0 spiro atoms. The molecule has 2 atom stereocenters. The third-order valence-electron chi connectivity index (χ3n) is 4.91. The van der Waals surface area contributed by atoms with Crippen molar-refractivity contribution >= 4 is 5.78 Å². The molecule has 1 unspecified atom stereocenters. The van der Waals surface area contributed by atoms with Crippen LogP contribution in [0.15, 0.2) is 42.5 Å². The molecule has 1 aliphatic rings. The Morgan fingerprint density at radius 3 is 2.43 bits per heavy atom. The maximum atomic E-state index is 13.5. The van der Waals surface area contributed by atoms with Crippen LogP contribution in [0.4, 0.5) is 26.3 Å². The zero-order valence-corrected chi connectivity index (χ0v) is 14.4. The Labute approximate surface area is 156 Å². The number of aliphatic hydroxyl groups is 1. The summed E-state index contributed by atoms with van der Waals surface area (Å²) in [7, 11) is 0. The number of benzene rings is 2. The molecule has 2 nitrogen and oxygen atoms in total. The third kappa shape index (κ3) is 4.22. The van der Waals surface area contributed by atoms with E-state index < -0.39 is 47.7 Å². The number of Topliss-reactive ketones (excluding diaryl/α,β-unsaturated/α-hetero) is 1. The molecule has 0 bridgehead atoms. The van der Waals surface area contributed by atoms with Crippen molar-refractivity contribution in [3.8, 4) is 0 Å². The number of carbonyl (C=O) groups is 1. The molecule has 2 aromatic rings. The molecule has 0 fully saturated rings.